The molecule has 0 aromatic rings. The van der Waals surface area contributed by atoms with E-state index in [-0.39, 0.29) is 24.0 Å². The van der Waals surface area contributed by atoms with Gasteiger partial charge < -0.3 is 24.0 Å². The maximum Gasteiger partial charge on any atom is -1.00 e. The Balaban J connectivity index is 0.000000640. The minimum absolute atomic E-state index is 0. The van der Waals surface area contributed by atoms with Crippen LogP contribution in [0.4, 0.5) is 0 Å². The van der Waals surface area contributed by atoms with Gasteiger partial charge >= 0.3 is 61.3 Å². The monoisotopic (exact) mass is 288 g/mol. The zero-order valence-electron chi connectivity index (χ0n) is 6.12. The molecule has 0 heterocycles. The molecule has 0 aliphatic heterocycles. The van der Waals surface area contributed by atoms with E-state index < -0.39 is 0 Å². The van der Waals surface area contributed by atoms with E-state index in [1.165, 1.54) is 49.0 Å². The van der Waals surface area contributed by atoms with Crippen molar-refractivity contribution < 1.29 is 42.3 Å². The van der Waals surface area contributed by atoms with Gasteiger partial charge in [0.15, 0.2) is 0 Å². The van der Waals surface area contributed by atoms with Gasteiger partial charge in [-0.3, -0.25) is 0 Å². The van der Waals surface area contributed by atoms with E-state index in [9.17, 15) is 0 Å². The molecule has 0 spiro atoms. The van der Waals surface area contributed by atoms with Gasteiger partial charge in [-0.1, -0.05) is 0 Å². The van der Waals surface area contributed by atoms with Crippen molar-refractivity contribution in [3.63, 3.8) is 0 Å². The molecular formula is C7H13IZn. The van der Waals surface area contributed by atoms with Gasteiger partial charge in [-0.2, -0.15) is 0 Å². The second-order valence-electron chi connectivity index (χ2n) is 3.27. The van der Waals surface area contributed by atoms with Gasteiger partial charge in [-0.15, -0.1) is 0 Å². The third-order valence-corrected chi connectivity index (χ3v) is 4.95. The maximum atomic E-state index is 2.45. The molecule has 1 fully saturated rings. The molecule has 0 nitrogen and oxygen atoms in total. The molecule has 0 radical (unpaired) electrons. The van der Waals surface area contributed by atoms with Gasteiger partial charge in [-0.25, -0.2) is 0 Å². The van der Waals surface area contributed by atoms with Crippen molar-refractivity contribution >= 4 is 0 Å². The van der Waals surface area contributed by atoms with Crippen LogP contribution in [-0.4, -0.2) is 0 Å². The van der Waals surface area contributed by atoms with Gasteiger partial charge in [0, 0.05) is 0 Å². The Morgan fingerprint density at radius 2 is 1.78 bits per heavy atom. The fourth-order valence-corrected chi connectivity index (χ4v) is 2.53. The fourth-order valence-electron chi connectivity index (χ4n) is 1.48. The third kappa shape index (κ3) is 2.84. The van der Waals surface area contributed by atoms with Crippen molar-refractivity contribution in [1.82, 2.24) is 0 Å². The standard InChI is InChI=1S/C7H13.HI.Zn/c1-7(2)5-3-4-6-7;;/h1,3-6H2,2H3;1H;/q;;+1/p-1. The Hall–Kier alpha value is 1.35. The second-order valence-corrected chi connectivity index (χ2v) is 4.32. The topological polar surface area (TPSA) is 0 Å². The SMILES string of the molecule is CC1([CH2][Zn+])CCCC1.[I-]. The van der Waals surface area contributed by atoms with Crippen molar-refractivity contribution in [1.29, 1.82) is 0 Å². The number of hydrogen-bond donors (Lipinski definition) is 0. The molecule has 1 aliphatic rings. The van der Waals surface area contributed by atoms with E-state index in [0.717, 1.165) is 5.41 Å². The van der Waals surface area contributed by atoms with Crippen LogP contribution in [0.15, 0.2) is 0 Å². The van der Waals surface area contributed by atoms with Gasteiger partial charge in [0.1, 0.15) is 0 Å². The number of rotatable bonds is 1. The summed E-state index contributed by atoms with van der Waals surface area (Å²) in [4.78, 5) is 0. The molecule has 0 N–H and O–H groups in total. The summed E-state index contributed by atoms with van der Waals surface area (Å²) in [6.45, 7) is 2.45. The van der Waals surface area contributed by atoms with Crippen LogP contribution >= 0.6 is 0 Å². The smallest absolute Gasteiger partial charge is 1.00 e. The molecule has 0 aromatic carbocycles. The van der Waals surface area contributed by atoms with Crippen LogP contribution in [0, 0.1) is 5.41 Å². The summed E-state index contributed by atoms with van der Waals surface area (Å²) < 4.78 is 0. The minimum Gasteiger partial charge on any atom is -1.00 e. The zero-order chi connectivity index (χ0) is 6.04. The quantitative estimate of drug-likeness (QED) is 0.452. The molecule has 1 aliphatic carbocycles. The summed E-state index contributed by atoms with van der Waals surface area (Å²) in [6.07, 6.45) is 6.01. The van der Waals surface area contributed by atoms with Gasteiger partial charge in [0.05, 0.1) is 0 Å². The molecule has 0 amide bonds. The Kier molecular flexibility index (Phi) is 4.92. The van der Waals surface area contributed by atoms with Crippen molar-refractivity contribution in [2.75, 3.05) is 0 Å². The summed E-state index contributed by atoms with van der Waals surface area (Å²) in [7, 11) is 0. The van der Waals surface area contributed by atoms with E-state index in [2.05, 4.69) is 6.92 Å². The molecule has 0 atom stereocenters. The van der Waals surface area contributed by atoms with Crippen LogP contribution in [0.5, 0.6) is 0 Å². The minimum atomic E-state index is 0. The Morgan fingerprint density at radius 3 is 2.00 bits per heavy atom. The summed E-state index contributed by atoms with van der Waals surface area (Å²) in [5.41, 5.74) is 0.792. The molecule has 0 aromatic heterocycles. The zero-order valence-corrected chi connectivity index (χ0v) is 11.2. The molecule has 1 saturated carbocycles. The maximum absolute atomic E-state index is 2.45. The van der Waals surface area contributed by atoms with E-state index in [4.69, 9.17) is 0 Å². The molecule has 9 heavy (non-hydrogen) atoms. The van der Waals surface area contributed by atoms with Gasteiger partial charge in [0.2, 0.25) is 0 Å². The van der Waals surface area contributed by atoms with E-state index in [1.54, 1.807) is 0 Å². The first-order valence-electron chi connectivity index (χ1n) is 3.56. The van der Waals surface area contributed by atoms with Gasteiger partial charge in [0.25, 0.3) is 0 Å². The average molecular weight is 289 g/mol. The largest absolute Gasteiger partial charge is 1.00 e. The Morgan fingerprint density at radius 1 is 1.33 bits per heavy atom. The van der Waals surface area contributed by atoms with Crippen LogP contribution in [0.25, 0.3) is 0 Å². The second kappa shape index (κ2) is 4.28. The van der Waals surface area contributed by atoms with Crippen molar-refractivity contribution in [2.24, 2.45) is 5.41 Å². The molecule has 50 valence electrons. The molecular weight excluding hydrogens is 276 g/mol. The van der Waals surface area contributed by atoms with Gasteiger partial charge in [-0.05, 0) is 0 Å². The summed E-state index contributed by atoms with van der Waals surface area (Å²) in [5, 5.41) is 1.51. The predicted octanol–water partition coefficient (Wildman–Crippen LogP) is -0.464. The van der Waals surface area contributed by atoms with Crippen molar-refractivity contribution in [3.8, 4) is 0 Å². The number of hydrogen-bond acceptors (Lipinski definition) is 0. The van der Waals surface area contributed by atoms with Crippen LogP contribution in [0.1, 0.15) is 32.6 Å². The van der Waals surface area contributed by atoms with Crippen molar-refractivity contribution in [2.45, 2.75) is 37.6 Å². The first-order chi connectivity index (χ1) is 3.77. The summed E-state index contributed by atoms with van der Waals surface area (Å²) in [5.74, 6) is 0. The predicted molar refractivity (Wildman–Crippen MR) is 31.4 cm³/mol. The van der Waals surface area contributed by atoms with Crippen LogP contribution < -0.4 is 24.0 Å². The first-order valence-corrected chi connectivity index (χ1v) is 5.66. The first kappa shape index (κ1) is 10.4. The summed E-state index contributed by atoms with van der Waals surface area (Å²) in [6, 6.07) is 0. The number of halogens is 1. The van der Waals surface area contributed by atoms with E-state index in [1.807, 2.05) is 0 Å². The fraction of sp³-hybridized carbons (Fsp3) is 1.00. The molecule has 0 saturated heterocycles. The van der Waals surface area contributed by atoms with Crippen LogP contribution in [0.3, 0.4) is 0 Å². The van der Waals surface area contributed by atoms with E-state index >= 15 is 0 Å². The molecule has 0 bridgehead atoms. The van der Waals surface area contributed by atoms with E-state index in [0.29, 0.717) is 0 Å². The van der Waals surface area contributed by atoms with Crippen LogP contribution in [-0.2, 0) is 18.3 Å². The average Bonchev–Trinajstić information content (AvgIpc) is 2.17. The van der Waals surface area contributed by atoms with Crippen molar-refractivity contribution in [3.05, 3.63) is 0 Å². The molecule has 0 unspecified atom stereocenters. The third-order valence-electron chi connectivity index (χ3n) is 2.41. The Bertz CT molecular complexity index is 77.0. The summed E-state index contributed by atoms with van der Waals surface area (Å²) >= 11 is 1.50. The normalized spacial score (nSPS) is 23.4. The molecule has 1 rings (SSSR count). The molecule has 2 heteroatoms. The van der Waals surface area contributed by atoms with Crippen LogP contribution in [0.2, 0.25) is 5.02 Å². The Labute approximate surface area is 84.9 Å².